The quantitative estimate of drug-likeness (QED) is 0.448. The second kappa shape index (κ2) is 9.93. The third-order valence-corrected chi connectivity index (χ3v) is 7.19. The van der Waals surface area contributed by atoms with Crippen molar-refractivity contribution in [3.05, 3.63) is 53.2 Å². The number of nitrogens with zero attached hydrogens (tertiary/aromatic N) is 4. The van der Waals surface area contributed by atoms with Crippen LogP contribution in [0.15, 0.2) is 30.5 Å². The number of rotatable bonds is 7. The van der Waals surface area contributed by atoms with E-state index < -0.39 is 30.8 Å². The Morgan fingerprint density at radius 1 is 1.19 bits per heavy atom. The lowest BCUT2D eigenvalue weighted by Gasteiger charge is -2.42. The molecule has 6 nitrogen and oxygen atoms in total. The molecule has 194 valence electrons. The van der Waals surface area contributed by atoms with Crippen molar-refractivity contribution in [1.29, 1.82) is 0 Å². The van der Waals surface area contributed by atoms with Crippen molar-refractivity contribution < 1.29 is 22.0 Å². The van der Waals surface area contributed by atoms with E-state index in [-0.39, 0.29) is 19.1 Å². The highest BCUT2D eigenvalue weighted by Crippen LogP contribution is 2.41. The number of aromatic amines is 1. The van der Waals surface area contributed by atoms with Crippen LogP contribution in [0.4, 0.5) is 27.6 Å². The fraction of sp³-hybridized carbons (Fsp3) is 0.520. The Labute approximate surface area is 205 Å². The van der Waals surface area contributed by atoms with Crippen molar-refractivity contribution >= 4 is 16.6 Å². The van der Waals surface area contributed by atoms with Crippen LogP contribution >= 0.6 is 0 Å². The molecule has 0 bridgehead atoms. The Hall–Kier alpha value is -2.79. The number of likely N-dealkylation sites (tertiary alicyclic amines) is 1. The molecule has 11 heteroatoms. The van der Waals surface area contributed by atoms with Gasteiger partial charge in [0.05, 0.1) is 47.7 Å². The van der Waals surface area contributed by atoms with Gasteiger partial charge in [-0.3, -0.25) is 19.4 Å². The Balaban J connectivity index is 1.43. The number of anilines is 1. The maximum Gasteiger partial charge on any atom is 0.401 e. The number of nitrogens with one attached hydrogen (secondary N) is 2. The minimum absolute atomic E-state index is 0.201. The largest absolute Gasteiger partial charge is 0.401 e. The predicted molar refractivity (Wildman–Crippen MR) is 127 cm³/mol. The summed E-state index contributed by atoms with van der Waals surface area (Å²) in [7, 11) is 0. The van der Waals surface area contributed by atoms with Gasteiger partial charge in [0, 0.05) is 31.7 Å². The van der Waals surface area contributed by atoms with Crippen molar-refractivity contribution in [3.8, 4) is 0 Å². The molecule has 5 rings (SSSR count). The molecule has 2 N–H and O–H groups in total. The fourth-order valence-electron chi connectivity index (χ4n) is 5.59. The van der Waals surface area contributed by atoms with Crippen LogP contribution in [-0.2, 0) is 6.42 Å². The number of benzene rings is 1. The van der Waals surface area contributed by atoms with Gasteiger partial charge in [-0.15, -0.1) is 0 Å². The van der Waals surface area contributed by atoms with Gasteiger partial charge in [0.1, 0.15) is 0 Å². The van der Waals surface area contributed by atoms with Crippen LogP contribution in [0.2, 0.25) is 0 Å². The molecule has 2 aliphatic rings. The molecule has 2 aliphatic heterocycles. The molecule has 1 fully saturated rings. The minimum Gasteiger partial charge on any atom is -0.380 e. The van der Waals surface area contributed by atoms with E-state index in [2.05, 4.69) is 25.4 Å². The second-order valence-corrected chi connectivity index (χ2v) is 9.75. The molecule has 1 aromatic carbocycles. The number of H-pyrrole nitrogens is 1. The minimum atomic E-state index is -4.40. The molecular weight excluding hydrogens is 479 g/mol. The molecule has 0 radical (unpaired) electrons. The summed E-state index contributed by atoms with van der Waals surface area (Å²) >= 11 is 0. The highest BCUT2D eigenvalue weighted by Gasteiger charge is 2.42. The molecular formula is C25H29F5N6. The number of pyridine rings is 1. The zero-order valence-electron chi connectivity index (χ0n) is 20.0. The summed E-state index contributed by atoms with van der Waals surface area (Å²) in [6, 6.07) is 5.87. The first-order valence-electron chi connectivity index (χ1n) is 12.2. The third kappa shape index (κ3) is 5.04. The smallest absolute Gasteiger partial charge is 0.380 e. The maximum absolute atomic E-state index is 14.5. The lowest BCUT2D eigenvalue weighted by Crippen LogP contribution is -2.47. The average molecular weight is 509 g/mol. The zero-order chi connectivity index (χ0) is 25.4. The van der Waals surface area contributed by atoms with Gasteiger partial charge in [-0.2, -0.15) is 22.7 Å². The first-order chi connectivity index (χ1) is 17.2. The van der Waals surface area contributed by atoms with Crippen molar-refractivity contribution in [1.82, 2.24) is 25.0 Å². The van der Waals surface area contributed by atoms with Gasteiger partial charge < -0.3 is 10.2 Å². The van der Waals surface area contributed by atoms with Crippen molar-refractivity contribution in [2.75, 3.05) is 38.2 Å². The molecule has 0 spiro atoms. The van der Waals surface area contributed by atoms with E-state index in [0.29, 0.717) is 34.1 Å². The number of hydrogen-bond donors (Lipinski definition) is 2. The molecule has 3 aromatic rings. The van der Waals surface area contributed by atoms with Crippen LogP contribution in [-0.4, -0.2) is 76.1 Å². The van der Waals surface area contributed by atoms with Gasteiger partial charge in [0.25, 0.3) is 0 Å². The van der Waals surface area contributed by atoms with Gasteiger partial charge in [-0.1, -0.05) is 6.07 Å². The van der Waals surface area contributed by atoms with E-state index in [1.807, 2.05) is 6.07 Å². The first kappa shape index (κ1) is 24.9. The maximum atomic E-state index is 14.5. The molecule has 0 unspecified atom stereocenters. The SMILES string of the molecule is C[C@@H]1Cc2c(ccc3n[nH]c(F)c23)[C@@H](c2ccc(N[C@H]3CCN(CCCF)C3)cn2)N1CC(F)(F)F. The fourth-order valence-corrected chi connectivity index (χ4v) is 5.59. The van der Waals surface area contributed by atoms with Crippen LogP contribution in [0.5, 0.6) is 0 Å². The number of aromatic nitrogens is 3. The van der Waals surface area contributed by atoms with Crippen molar-refractivity contribution in [2.24, 2.45) is 0 Å². The summed E-state index contributed by atoms with van der Waals surface area (Å²) in [5.41, 5.74) is 2.97. The second-order valence-electron chi connectivity index (χ2n) is 9.75. The van der Waals surface area contributed by atoms with Crippen LogP contribution in [0.1, 0.15) is 42.6 Å². The first-order valence-corrected chi connectivity index (χ1v) is 12.2. The van der Waals surface area contributed by atoms with Gasteiger partial charge in [-0.25, -0.2) is 0 Å². The lowest BCUT2D eigenvalue weighted by molar-refractivity contribution is -0.155. The highest BCUT2D eigenvalue weighted by atomic mass is 19.4. The van der Waals surface area contributed by atoms with Gasteiger partial charge in [0.2, 0.25) is 5.95 Å². The lowest BCUT2D eigenvalue weighted by atomic mass is 9.85. The number of hydrogen-bond acceptors (Lipinski definition) is 5. The van der Waals surface area contributed by atoms with Gasteiger partial charge >= 0.3 is 6.18 Å². The molecule has 4 heterocycles. The monoisotopic (exact) mass is 508 g/mol. The molecule has 0 aliphatic carbocycles. The Kier molecular flexibility index (Phi) is 6.86. The summed E-state index contributed by atoms with van der Waals surface area (Å²) in [6.07, 6.45) is -1.04. The van der Waals surface area contributed by atoms with E-state index in [9.17, 15) is 22.0 Å². The number of alkyl halides is 4. The Bertz CT molecular complexity index is 1190. The topological polar surface area (TPSA) is 60.1 Å². The van der Waals surface area contributed by atoms with E-state index >= 15 is 0 Å². The van der Waals surface area contributed by atoms with Crippen LogP contribution in [0.3, 0.4) is 0 Å². The Morgan fingerprint density at radius 2 is 2.03 bits per heavy atom. The van der Waals surface area contributed by atoms with Crippen molar-refractivity contribution in [3.63, 3.8) is 0 Å². The summed E-state index contributed by atoms with van der Waals surface area (Å²) < 4.78 is 67.7. The number of halogens is 5. The van der Waals surface area contributed by atoms with Crippen molar-refractivity contribution in [2.45, 2.75) is 50.5 Å². The van der Waals surface area contributed by atoms with E-state index in [4.69, 9.17) is 0 Å². The molecule has 2 aromatic heterocycles. The average Bonchev–Trinajstić information content (AvgIpc) is 3.44. The predicted octanol–water partition coefficient (Wildman–Crippen LogP) is 4.84. The van der Waals surface area contributed by atoms with Crippen LogP contribution in [0.25, 0.3) is 10.9 Å². The Morgan fingerprint density at radius 3 is 2.75 bits per heavy atom. The summed E-state index contributed by atoms with van der Waals surface area (Å²) in [5, 5.41) is 10.1. The molecule has 36 heavy (non-hydrogen) atoms. The van der Waals surface area contributed by atoms with E-state index in [1.165, 1.54) is 4.90 Å². The van der Waals surface area contributed by atoms with Crippen LogP contribution in [0, 0.1) is 5.95 Å². The summed E-state index contributed by atoms with van der Waals surface area (Å²) in [4.78, 5) is 8.17. The van der Waals surface area contributed by atoms with Gasteiger partial charge in [-0.05, 0) is 55.5 Å². The van der Waals surface area contributed by atoms with Gasteiger partial charge in [0.15, 0.2) is 0 Å². The summed E-state index contributed by atoms with van der Waals surface area (Å²) in [6.45, 7) is 2.73. The number of fused-ring (bicyclic) bond motifs is 3. The molecule has 0 amide bonds. The highest BCUT2D eigenvalue weighted by molar-refractivity contribution is 5.84. The van der Waals surface area contributed by atoms with Crippen LogP contribution < -0.4 is 5.32 Å². The van der Waals surface area contributed by atoms with E-state index in [0.717, 1.165) is 31.7 Å². The molecule has 1 saturated heterocycles. The summed E-state index contributed by atoms with van der Waals surface area (Å²) in [5.74, 6) is -0.582. The standard InChI is InChI=1S/C25H29F5N6/c1-15-11-19-18(4-6-20-22(19)24(27)34-33-20)23(36(15)14-25(28,29)30)21-5-3-16(12-31-21)32-17-7-10-35(13-17)9-2-8-26/h3-6,12,15,17,23,32H,2,7-11,13-14H2,1H3,(H,33,34)/t15-,17+,23+/m1/s1. The van der Waals surface area contributed by atoms with E-state index in [1.54, 1.807) is 31.3 Å². The molecule has 0 saturated carbocycles. The zero-order valence-corrected chi connectivity index (χ0v) is 20.0. The molecule has 3 atom stereocenters. The third-order valence-electron chi connectivity index (χ3n) is 7.19. The normalized spacial score (nSPS) is 23.3.